The maximum Gasteiger partial charge on any atom is 0.119 e. The van der Waals surface area contributed by atoms with Gasteiger partial charge in [-0.3, -0.25) is 0 Å². The van der Waals surface area contributed by atoms with Crippen LogP contribution in [-0.2, 0) is 6.42 Å². The Bertz CT molecular complexity index is 549. The molecule has 0 aliphatic rings. The predicted molar refractivity (Wildman–Crippen MR) is 95.0 cm³/mol. The van der Waals surface area contributed by atoms with Gasteiger partial charge in [0.25, 0.3) is 0 Å². The third-order valence-electron chi connectivity index (χ3n) is 3.47. The fourth-order valence-electron chi connectivity index (χ4n) is 2.08. The standard InChI is InChI=1S/C19H24ClNO/c1-15(2)12-14-22-19-9-7-18(8-10-19)21-13-11-16-3-5-17(20)6-4-16/h3-10,15,21H,11-14H2,1-2H3. The molecule has 0 aliphatic heterocycles. The summed E-state index contributed by atoms with van der Waals surface area (Å²) in [6.45, 7) is 6.09. The van der Waals surface area contributed by atoms with Crippen molar-refractivity contribution in [2.75, 3.05) is 18.5 Å². The fraction of sp³-hybridized carbons (Fsp3) is 0.368. The summed E-state index contributed by atoms with van der Waals surface area (Å²) >= 11 is 5.88. The van der Waals surface area contributed by atoms with Crippen LogP contribution in [0.15, 0.2) is 48.5 Å². The number of hydrogen-bond acceptors (Lipinski definition) is 2. The summed E-state index contributed by atoms with van der Waals surface area (Å²) in [7, 11) is 0. The van der Waals surface area contributed by atoms with Crippen molar-refractivity contribution in [1.82, 2.24) is 0 Å². The number of rotatable bonds is 8. The van der Waals surface area contributed by atoms with E-state index in [4.69, 9.17) is 16.3 Å². The Morgan fingerprint density at radius 3 is 2.32 bits per heavy atom. The molecule has 0 saturated carbocycles. The second kappa shape index (κ2) is 8.70. The van der Waals surface area contributed by atoms with E-state index < -0.39 is 0 Å². The lowest BCUT2D eigenvalue weighted by Crippen LogP contribution is -2.05. The molecule has 2 aromatic carbocycles. The van der Waals surface area contributed by atoms with E-state index in [1.807, 2.05) is 24.3 Å². The highest BCUT2D eigenvalue weighted by Crippen LogP contribution is 2.17. The minimum atomic E-state index is 0.675. The lowest BCUT2D eigenvalue weighted by molar-refractivity contribution is 0.289. The summed E-state index contributed by atoms with van der Waals surface area (Å²) in [6, 6.07) is 16.2. The van der Waals surface area contributed by atoms with Crippen molar-refractivity contribution >= 4 is 17.3 Å². The zero-order chi connectivity index (χ0) is 15.8. The molecule has 3 heteroatoms. The minimum Gasteiger partial charge on any atom is -0.494 e. The largest absolute Gasteiger partial charge is 0.494 e. The second-order valence-electron chi connectivity index (χ2n) is 5.86. The molecule has 0 aromatic heterocycles. The van der Waals surface area contributed by atoms with Gasteiger partial charge >= 0.3 is 0 Å². The predicted octanol–water partition coefficient (Wildman–Crippen LogP) is 5.42. The summed E-state index contributed by atoms with van der Waals surface area (Å²) in [5, 5.41) is 4.20. The van der Waals surface area contributed by atoms with Gasteiger partial charge in [0, 0.05) is 17.3 Å². The van der Waals surface area contributed by atoms with E-state index in [-0.39, 0.29) is 0 Å². The highest BCUT2D eigenvalue weighted by Gasteiger charge is 1.98. The van der Waals surface area contributed by atoms with Crippen molar-refractivity contribution in [1.29, 1.82) is 0 Å². The van der Waals surface area contributed by atoms with Gasteiger partial charge in [-0.05, 0) is 60.7 Å². The van der Waals surface area contributed by atoms with E-state index in [9.17, 15) is 0 Å². The molecule has 2 rings (SSSR count). The van der Waals surface area contributed by atoms with Crippen LogP contribution in [0.5, 0.6) is 5.75 Å². The van der Waals surface area contributed by atoms with E-state index in [1.54, 1.807) is 0 Å². The molecule has 22 heavy (non-hydrogen) atoms. The van der Waals surface area contributed by atoms with Crippen molar-refractivity contribution in [3.8, 4) is 5.75 Å². The first kappa shape index (κ1) is 16.7. The molecule has 0 fully saturated rings. The van der Waals surface area contributed by atoms with Gasteiger partial charge in [-0.1, -0.05) is 37.6 Å². The van der Waals surface area contributed by atoms with Gasteiger partial charge < -0.3 is 10.1 Å². The Labute approximate surface area is 138 Å². The third kappa shape index (κ3) is 5.98. The number of anilines is 1. The summed E-state index contributed by atoms with van der Waals surface area (Å²) in [5.41, 5.74) is 2.40. The van der Waals surface area contributed by atoms with Gasteiger partial charge in [-0.25, -0.2) is 0 Å². The molecule has 118 valence electrons. The van der Waals surface area contributed by atoms with Crippen LogP contribution < -0.4 is 10.1 Å². The third-order valence-corrected chi connectivity index (χ3v) is 3.73. The summed E-state index contributed by atoms with van der Waals surface area (Å²) in [4.78, 5) is 0. The normalized spacial score (nSPS) is 10.7. The van der Waals surface area contributed by atoms with Crippen LogP contribution in [0, 0.1) is 5.92 Å². The molecule has 0 saturated heterocycles. The lowest BCUT2D eigenvalue weighted by atomic mass is 10.1. The summed E-state index contributed by atoms with van der Waals surface area (Å²) < 4.78 is 5.72. The highest BCUT2D eigenvalue weighted by atomic mass is 35.5. The monoisotopic (exact) mass is 317 g/mol. The van der Waals surface area contributed by atoms with Crippen molar-refractivity contribution < 1.29 is 4.74 Å². The van der Waals surface area contributed by atoms with Crippen LogP contribution in [0.1, 0.15) is 25.8 Å². The topological polar surface area (TPSA) is 21.3 Å². The van der Waals surface area contributed by atoms with Crippen molar-refractivity contribution in [2.45, 2.75) is 26.7 Å². The maximum atomic E-state index is 5.88. The molecule has 0 radical (unpaired) electrons. The van der Waals surface area contributed by atoms with Crippen molar-refractivity contribution in [3.05, 3.63) is 59.1 Å². The molecule has 0 atom stereocenters. The zero-order valence-corrected chi connectivity index (χ0v) is 14.1. The van der Waals surface area contributed by atoms with Crippen LogP contribution in [0.2, 0.25) is 5.02 Å². The Balaban J connectivity index is 1.73. The average Bonchev–Trinajstić information content (AvgIpc) is 2.50. The van der Waals surface area contributed by atoms with E-state index in [0.29, 0.717) is 5.92 Å². The Morgan fingerprint density at radius 1 is 1.00 bits per heavy atom. The molecule has 2 nitrogen and oxygen atoms in total. The first-order valence-electron chi connectivity index (χ1n) is 7.84. The quantitative estimate of drug-likeness (QED) is 0.702. The van der Waals surface area contributed by atoms with Crippen molar-refractivity contribution in [2.24, 2.45) is 5.92 Å². The van der Waals surface area contributed by atoms with Gasteiger partial charge in [0.05, 0.1) is 6.61 Å². The lowest BCUT2D eigenvalue weighted by Gasteiger charge is -2.10. The molecule has 2 aromatic rings. The molecule has 0 amide bonds. The van der Waals surface area contributed by atoms with Crippen molar-refractivity contribution in [3.63, 3.8) is 0 Å². The van der Waals surface area contributed by atoms with Gasteiger partial charge in [0.2, 0.25) is 0 Å². The number of hydrogen-bond donors (Lipinski definition) is 1. The highest BCUT2D eigenvalue weighted by molar-refractivity contribution is 6.30. The molecule has 1 N–H and O–H groups in total. The van der Waals surface area contributed by atoms with Crippen LogP contribution in [0.3, 0.4) is 0 Å². The SMILES string of the molecule is CC(C)CCOc1ccc(NCCc2ccc(Cl)cc2)cc1. The Kier molecular flexibility index (Phi) is 6.60. The molecular formula is C19H24ClNO. The van der Waals surface area contributed by atoms with Crippen LogP contribution in [0.4, 0.5) is 5.69 Å². The van der Waals surface area contributed by atoms with Crippen LogP contribution in [0.25, 0.3) is 0 Å². The van der Waals surface area contributed by atoms with Gasteiger partial charge in [0.15, 0.2) is 0 Å². The number of benzene rings is 2. The summed E-state index contributed by atoms with van der Waals surface area (Å²) in [6.07, 6.45) is 2.06. The Morgan fingerprint density at radius 2 is 1.68 bits per heavy atom. The van der Waals surface area contributed by atoms with Gasteiger partial charge in [-0.15, -0.1) is 0 Å². The Hall–Kier alpha value is -1.67. The number of ether oxygens (including phenoxy) is 1. The molecule has 0 unspecified atom stereocenters. The van der Waals surface area contributed by atoms with E-state index in [0.717, 1.165) is 42.5 Å². The first-order chi connectivity index (χ1) is 10.6. The molecule has 0 heterocycles. The molecular weight excluding hydrogens is 294 g/mol. The van der Waals surface area contributed by atoms with E-state index >= 15 is 0 Å². The fourth-order valence-corrected chi connectivity index (χ4v) is 2.21. The number of nitrogens with one attached hydrogen (secondary N) is 1. The smallest absolute Gasteiger partial charge is 0.119 e. The molecule has 0 aliphatic carbocycles. The summed E-state index contributed by atoms with van der Waals surface area (Å²) in [5.74, 6) is 1.61. The van der Waals surface area contributed by atoms with E-state index in [2.05, 4.69) is 43.4 Å². The average molecular weight is 318 g/mol. The maximum absolute atomic E-state index is 5.88. The van der Waals surface area contributed by atoms with Crippen LogP contribution >= 0.6 is 11.6 Å². The zero-order valence-electron chi connectivity index (χ0n) is 13.3. The molecule has 0 bridgehead atoms. The second-order valence-corrected chi connectivity index (χ2v) is 6.30. The van der Waals surface area contributed by atoms with Gasteiger partial charge in [-0.2, -0.15) is 0 Å². The van der Waals surface area contributed by atoms with Gasteiger partial charge in [0.1, 0.15) is 5.75 Å². The first-order valence-corrected chi connectivity index (χ1v) is 8.22. The number of halogens is 1. The molecule has 0 spiro atoms. The minimum absolute atomic E-state index is 0.675. The van der Waals surface area contributed by atoms with E-state index in [1.165, 1.54) is 5.56 Å². The van der Waals surface area contributed by atoms with Crippen LogP contribution in [-0.4, -0.2) is 13.2 Å².